The summed E-state index contributed by atoms with van der Waals surface area (Å²) >= 11 is 1.60. The number of rotatable bonds is 9. The Morgan fingerprint density at radius 2 is 2.08 bits per heavy atom. The molecule has 1 rings (SSSR count). The lowest BCUT2D eigenvalue weighted by atomic mass is 10.2. The molecule has 2 N–H and O–H groups in total. The molecular weight excluding hydrogens is 320 g/mol. The molecule has 0 fully saturated rings. The summed E-state index contributed by atoms with van der Waals surface area (Å²) in [4.78, 5) is 15.3. The van der Waals surface area contributed by atoms with Gasteiger partial charge in [-0.25, -0.2) is 4.79 Å². The number of nitrogens with one attached hydrogen (secondary N) is 2. The van der Waals surface area contributed by atoms with Crippen molar-refractivity contribution in [2.24, 2.45) is 0 Å². The second-order valence-corrected chi connectivity index (χ2v) is 7.39. The van der Waals surface area contributed by atoms with E-state index in [1.807, 2.05) is 31.2 Å². The molecule has 2 amide bonds. The van der Waals surface area contributed by atoms with Gasteiger partial charge in [0.2, 0.25) is 0 Å². The molecule has 0 aliphatic heterocycles. The van der Waals surface area contributed by atoms with Crippen molar-refractivity contribution in [3.8, 4) is 6.07 Å². The molecule has 2 atom stereocenters. The first-order valence-corrected chi connectivity index (χ1v) is 9.23. The maximum absolute atomic E-state index is 12.1. The topological polar surface area (TPSA) is 68.2 Å². The van der Waals surface area contributed by atoms with E-state index < -0.39 is 0 Å². The van der Waals surface area contributed by atoms with Crippen LogP contribution in [-0.2, 0) is 0 Å². The third kappa shape index (κ3) is 7.24. The summed E-state index contributed by atoms with van der Waals surface area (Å²) in [6.07, 6.45) is 1.57. The van der Waals surface area contributed by atoms with Gasteiger partial charge in [-0.2, -0.15) is 5.26 Å². The van der Waals surface area contributed by atoms with E-state index in [0.717, 1.165) is 23.5 Å². The molecule has 0 aliphatic carbocycles. The van der Waals surface area contributed by atoms with Crippen LogP contribution in [0.15, 0.2) is 29.2 Å². The highest BCUT2D eigenvalue weighted by Crippen LogP contribution is 2.31. The lowest BCUT2D eigenvalue weighted by molar-refractivity contribution is 0.238. The number of hydrogen-bond donors (Lipinski definition) is 2. The SMILES string of the molecule is CC[C@@H](C)N(C)CCNC(=O)Nc1ccccc1S[C@@H](C)CC#N. The number of para-hydroxylation sites is 1. The molecule has 0 saturated heterocycles. The normalized spacial score (nSPS) is 13.2. The fourth-order valence-electron chi connectivity index (χ4n) is 2.10. The molecule has 0 unspecified atom stereocenters. The zero-order valence-corrected chi connectivity index (χ0v) is 15.8. The maximum atomic E-state index is 12.1. The van der Waals surface area contributed by atoms with Crippen molar-refractivity contribution in [1.29, 1.82) is 5.26 Å². The van der Waals surface area contributed by atoms with Crippen LogP contribution in [-0.4, -0.2) is 42.4 Å². The van der Waals surface area contributed by atoms with E-state index in [-0.39, 0.29) is 11.3 Å². The number of urea groups is 1. The number of nitrogens with zero attached hydrogens (tertiary/aromatic N) is 2. The average Bonchev–Trinajstić information content (AvgIpc) is 2.56. The number of carbonyl (C=O) groups excluding carboxylic acids is 1. The first-order valence-electron chi connectivity index (χ1n) is 8.35. The van der Waals surface area contributed by atoms with Crippen LogP contribution in [0.2, 0.25) is 0 Å². The predicted octanol–water partition coefficient (Wildman–Crippen LogP) is 3.93. The molecule has 5 nitrogen and oxygen atoms in total. The molecule has 0 heterocycles. The predicted molar refractivity (Wildman–Crippen MR) is 101 cm³/mol. The summed E-state index contributed by atoms with van der Waals surface area (Å²) in [7, 11) is 2.07. The maximum Gasteiger partial charge on any atom is 0.319 e. The zero-order chi connectivity index (χ0) is 17.9. The third-order valence-electron chi connectivity index (χ3n) is 3.94. The zero-order valence-electron chi connectivity index (χ0n) is 15.0. The fourth-order valence-corrected chi connectivity index (χ4v) is 3.10. The van der Waals surface area contributed by atoms with Gasteiger partial charge in [0.25, 0.3) is 0 Å². The van der Waals surface area contributed by atoms with Crippen LogP contribution in [0.1, 0.15) is 33.6 Å². The summed E-state index contributed by atoms with van der Waals surface area (Å²) in [6.45, 7) is 7.76. The second kappa shape index (κ2) is 11.0. The van der Waals surface area contributed by atoms with Gasteiger partial charge in [0.15, 0.2) is 0 Å². The molecule has 6 heteroatoms. The average molecular weight is 349 g/mol. The number of nitriles is 1. The standard InChI is InChI=1S/C18H28N4OS/c1-5-14(2)22(4)13-12-20-18(23)21-16-8-6-7-9-17(16)24-15(3)10-11-19/h6-9,14-15H,5,10,12-13H2,1-4H3,(H2,20,21,23)/t14-,15+/m1/s1. The quantitative estimate of drug-likeness (QED) is 0.664. The third-order valence-corrected chi connectivity index (χ3v) is 5.11. The minimum atomic E-state index is -0.200. The van der Waals surface area contributed by atoms with Crippen LogP contribution in [0, 0.1) is 11.3 Å². The van der Waals surface area contributed by atoms with Crippen molar-refractivity contribution in [2.45, 2.75) is 49.8 Å². The second-order valence-electron chi connectivity index (χ2n) is 5.91. The van der Waals surface area contributed by atoms with Crippen molar-refractivity contribution in [1.82, 2.24) is 10.2 Å². The fraction of sp³-hybridized carbons (Fsp3) is 0.556. The minimum absolute atomic E-state index is 0.185. The van der Waals surface area contributed by atoms with Crippen molar-refractivity contribution in [3.63, 3.8) is 0 Å². The summed E-state index contributed by atoms with van der Waals surface area (Å²) in [6, 6.07) is 10.2. The van der Waals surface area contributed by atoms with E-state index in [1.165, 1.54) is 0 Å². The van der Waals surface area contributed by atoms with E-state index in [0.29, 0.717) is 19.0 Å². The van der Waals surface area contributed by atoms with Crippen molar-refractivity contribution >= 4 is 23.5 Å². The Labute approximate surface area is 149 Å². The van der Waals surface area contributed by atoms with Crippen molar-refractivity contribution < 1.29 is 4.79 Å². The smallest absolute Gasteiger partial charge is 0.319 e. The monoisotopic (exact) mass is 348 g/mol. The molecule has 0 spiro atoms. The van der Waals surface area contributed by atoms with Gasteiger partial charge in [0.05, 0.1) is 11.8 Å². The number of anilines is 1. The Kier molecular flexibility index (Phi) is 9.28. The molecule has 132 valence electrons. The summed E-state index contributed by atoms with van der Waals surface area (Å²) < 4.78 is 0. The number of thioether (sulfide) groups is 1. The van der Waals surface area contributed by atoms with Gasteiger partial charge < -0.3 is 15.5 Å². The molecular formula is C18H28N4OS. The van der Waals surface area contributed by atoms with Gasteiger partial charge in [-0.1, -0.05) is 26.0 Å². The van der Waals surface area contributed by atoms with Crippen LogP contribution >= 0.6 is 11.8 Å². The molecule has 0 radical (unpaired) electrons. The molecule has 1 aromatic rings. The number of benzene rings is 1. The van der Waals surface area contributed by atoms with E-state index >= 15 is 0 Å². The summed E-state index contributed by atoms with van der Waals surface area (Å²) in [5.41, 5.74) is 0.778. The van der Waals surface area contributed by atoms with Gasteiger partial charge >= 0.3 is 6.03 Å². The highest BCUT2D eigenvalue weighted by atomic mass is 32.2. The van der Waals surface area contributed by atoms with E-state index in [4.69, 9.17) is 5.26 Å². The Hall–Kier alpha value is -1.71. The van der Waals surface area contributed by atoms with Gasteiger partial charge in [-0.3, -0.25) is 0 Å². The van der Waals surface area contributed by atoms with Crippen LogP contribution in [0.25, 0.3) is 0 Å². The molecule has 0 aromatic heterocycles. The Bertz CT molecular complexity index is 558. The van der Waals surface area contributed by atoms with Crippen LogP contribution in [0.3, 0.4) is 0 Å². The van der Waals surface area contributed by atoms with E-state index in [1.54, 1.807) is 11.8 Å². The number of hydrogen-bond acceptors (Lipinski definition) is 4. The summed E-state index contributed by atoms with van der Waals surface area (Å²) in [5, 5.41) is 14.8. The van der Waals surface area contributed by atoms with Crippen molar-refractivity contribution in [2.75, 3.05) is 25.5 Å². The molecule has 24 heavy (non-hydrogen) atoms. The lowest BCUT2D eigenvalue weighted by Gasteiger charge is -2.23. The summed E-state index contributed by atoms with van der Waals surface area (Å²) in [5.74, 6) is 0. The number of amides is 2. The molecule has 0 bridgehead atoms. The lowest BCUT2D eigenvalue weighted by Crippen LogP contribution is -2.38. The van der Waals surface area contributed by atoms with E-state index in [9.17, 15) is 4.79 Å². The number of likely N-dealkylation sites (N-methyl/N-ethyl adjacent to an activating group) is 1. The van der Waals surface area contributed by atoms with Gasteiger partial charge in [0, 0.05) is 35.7 Å². The van der Waals surface area contributed by atoms with Crippen LogP contribution < -0.4 is 10.6 Å². The Morgan fingerprint density at radius 1 is 1.38 bits per heavy atom. The largest absolute Gasteiger partial charge is 0.337 e. The highest BCUT2D eigenvalue weighted by Gasteiger charge is 2.11. The highest BCUT2D eigenvalue weighted by molar-refractivity contribution is 8.00. The Morgan fingerprint density at radius 3 is 2.75 bits per heavy atom. The van der Waals surface area contributed by atoms with E-state index in [2.05, 4.69) is 42.5 Å². The van der Waals surface area contributed by atoms with Crippen LogP contribution in [0.4, 0.5) is 10.5 Å². The first-order chi connectivity index (χ1) is 11.5. The van der Waals surface area contributed by atoms with Gasteiger partial charge in [-0.15, -0.1) is 11.8 Å². The number of carbonyl (C=O) groups is 1. The Balaban J connectivity index is 2.51. The van der Waals surface area contributed by atoms with Gasteiger partial charge in [0.1, 0.15) is 0 Å². The first kappa shape index (κ1) is 20.3. The molecule has 0 saturated carbocycles. The van der Waals surface area contributed by atoms with Crippen LogP contribution in [0.5, 0.6) is 0 Å². The van der Waals surface area contributed by atoms with Gasteiger partial charge in [-0.05, 0) is 32.5 Å². The molecule has 1 aromatic carbocycles. The minimum Gasteiger partial charge on any atom is -0.337 e. The van der Waals surface area contributed by atoms with Crippen molar-refractivity contribution in [3.05, 3.63) is 24.3 Å². The molecule has 0 aliphatic rings.